The standard InChI is InChI=1S/C10H16N2O3/c1-2-3-8(9(11)13)12-10(14)7-4-5-15-6-7/h2,7-8H,1,3-6H2,(H2,11,13)(H,12,14)/t7-,8-/m0/s1. The van der Waals surface area contributed by atoms with E-state index in [1.165, 1.54) is 0 Å². The van der Waals surface area contributed by atoms with Crippen LogP contribution in [0.2, 0.25) is 0 Å². The normalized spacial score (nSPS) is 22.0. The lowest BCUT2D eigenvalue weighted by Gasteiger charge is -2.15. The first-order valence-corrected chi connectivity index (χ1v) is 4.93. The summed E-state index contributed by atoms with van der Waals surface area (Å²) in [6, 6.07) is -0.657. The van der Waals surface area contributed by atoms with Crippen molar-refractivity contribution in [1.82, 2.24) is 5.32 Å². The minimum atomic E-state index is -0.657. The molecule has 1 fully saturated rings. The molecule has 1 rings (SSSR count). The molecular formula is C10H16N2O3. The second kappa shape index (κ2) is 5.50. The molecule has 0 bridgehead atoms. The van der Waals surface area contributed by atoms with Crippen molar-refractivity contribution in [3.63, 3.8) is 0 Å². The third-order valence-electron chi connectivity index (χ3n) is 2.36. The maximum absolute atomic E-state index is 11.6. The number of hydrogen-bond donors (Lipinski definition) is 2. The number of nitrogens with two attached hydrogens (primary N) is 1. The Labute approximate surface area is 88.7 Å². The number of amides is 2. The Bertz CT molecular complexity index is 259. The van der Waals surface area contributed by atoms with Crippen LogP contribution in [0.4, 0.5) is 0 Å². The van der Waals surface area contributed by atoms with E-state index in [4.69, 9.17) is 10.5 Å². The molecule has 1 aliphatic rings. The second-order valence-corrected chi connectivity index (χ2v) is 3.55. The topological polar surface area (TPSA) is 81.4 Å². The summed E-state index contributed by atoms with van der Waals surface area (Å²) in [5.74, 6) is -0.864. The summed E-state index contributed by atoms with van der Waals surface area (Å²) in [5.41, 5.74) is 5.14. The first-order valence-electron chi connectivity index (χ1n) is 4.93. The monoisotopic (exact) mass is 212 g/mol. The van der Waals surface area contributed by atoms with E-state index in [0.29, 0.717) is 26.1 Å². The molecule has 0 spiro atoms. The number of rotatable bonds is 5. The number of ether oxygens (including phenoxy) is 1. The molecule has 0 aliphatic carbocycles. The third kappa shape index (κ3) is 3.36. The molecule has 0 saturated carbocycles. The fraction of sp³-hybridized carbons (Fsp3) is 0.600. The van der Waals surface area contributed by atoms with E-state index in [2.05, 4.69) is 11.9 Å². The first-order chi connectivity index (χ1) is 7.15. The minimum Gasteiger partial charge on any atom is -0.381 e. The van der Waals surface area contributed by atoms with E-state index in [1.807, 2.05) is 0 Å². The van der Waals surface area contributed by atoms with Crippen LogP contribution in [0.15, 0.2) is 12.7 Å². The highest BCUT2D eigenvalue weighted by Gasteiger charge is 2.26. The maximum Gasteiger partial charge on any atom is 0.240 e. The summed E-state index contributed by atoms with van der Waals surface area (Å²) in [4.78, 5) is 22.6. The van der Waals surface area contributed by atoms with Gasteiger partial charge >= 0.3 is 0 Å². The molecule has 0 radical (unpaired) electrons. The Balaban J connectivity index is 2.45. The van der Waals surface area contributed by atoms with Gasteiger partial charge in [0, 0.05) is 6.61 Å². The summed E-state index contributed by atoms with van der Waals surface area (Å²) < 4.78 is 5.08. The smallest absolute Gasteiger partial charge is 0.240 e. The van der Waals surface area contributed by atoms with Crippen LogP contribution < -0.4 is 11.1 Å². The predicted molar refractivity (Wildman–Crippen MR) is 54.9 cm³/mol. The van der Waals surface area contributed by atoms with Gasteiger partial charge in [-0.25, -0.2) is 0 Å². The van der Waals surface area contributed by atoms with Crippen LogP contribution in [-0.2, 0) is 14.3 Å². The van der Waals surface area contributed by atoms with E-state index in [9.17, 15) is 9.59 Å². The van der Waals surface area contributed by atoms with Crippen LogP contribution in [0.1, 0.15) is 12.8 Å². The lowest BCUT2D eigenvalue weighted by molar-refractivity contribution is -0.129. The summed E-state index contributed by atoms with van der Waals surface area (Å²) in [7, 11) is 0. The van der Waals surface area contributed by atoms with E-state index < -0.39 is 11.9 Å². The molecule has 1 saturated heterocycles. The number of primary amides is 1. The van der Waals surface area contributed by atoms with Crippen molar-refractivity contribution in [2.45, 2.75) is 18.9 Å². The molecular weight excluding hydrogens is 196 g/mol. The van der Waals surface area contributed by atoms with Gasteiger partial charge in [0.25, 0.3) is 0 Å². The first kappa shape index (κ1) is 11.7. The zero-order chi connectivity index (χ0) is 11.3. The molecule has 84 valence electrons. The van der Waals surface area contributed by atoms with Crippen LogP contribution in [0.25, 0.3) is 0 Å². The molecule has 0 unspecified atom stereocenters. The van der Waals surface area contributed by atoms with E-state index in [0.717, 1.165) is 0 Å². The van der Waals surface area contributed by atoms with Crippen molar-refractivity contribution in [3.8, 4) is 0 Å². The van der Waals surface area contributed by atoms with Gasteiger partial charge in [0.05, 0.1) is 12.5 Å². The van der Waals surface area contributed by atoms with E-state index >= 15 is 0 Å². The highest BCUT2D eigenvalue weighted by atomic mass is 16.5. The van der Waals surface area contributed by atoms with Gasteiger partial charge in [-0.1, -0.05) is 6.08 Å². The average molecular weight is 212 g/mol. The Morgan fingerprint density at radius 2 is 2.40 bits per heavy atom. The zero-order valence-corrected chi connectivity index (χ0v) is 8.57. The number of hydrogen-bond acceptors (Lipinski definition) is 3. The SMILES string of the molecule is C=CC[C@H](NC(=O)[C@H]1CCOC1)C(N)=O. The molecule has 2 atom stereocenters. The molecule has 1 heterocycles. The molecule has 1 aliphatic heterocycles. The number of carbonyl (C=O) groups is 2. The Kier molecular flexibility index (Phi) is 4.30. The zero-order valence-electron chi connectivity index (χ0n) is 8.57. The van der Waals surface area contributed by atoms with Crippen LogP contribution in [0, 0.1) is 5.92 Å². The summed E-state index contributed by atoms with van der Waals surface area (Å²) in [6.45, 7) is 4.52. The van der Waals surface area contributed by atoms with Crippen molar-refractivity contribution in [2.75, 3.05) is 13.2 Å². The molecule has 0 aromatic rings. The van der Waals surface area contributed by atoms with Gasteiger partial charge in [-0.15, -0.1) is 6.58 Å². The average Bonchev–Trinajstić information content (AvgIpc) is 2.69. The van der Waals surface area contributed by atoms with E-state index in [-0.39, 0.29) is 11.8 Å². The van der Waals surface area contributed by atoms with Crippen molar-refractivity contribution >= 4 is 11.8 Å². The molecule has 15 heavy (non-hydrogen) atoms. The Hall–Kier alpha value is -1.36. The van der Waals surface area contributed by atoms with E-state index in [1.54, 1.807) is 6.08 Å². The summed E-state index contributed by atoms with van der Waals surface area (Å²) in [5, 5.41) is 2.59. The number of nitrogens with one attached hydrogen (secondary N) is 1. The molecule has 5 nitrogen and oxygen atoms in total. The molecule has 2 amide bonds. The van der Waals surface area contributed by atoms with Gasteiger partial charge in [0.1, 0.15) is 6.04 Å². The maximum atomic E-state index is 11.6. The molecule has 5 heteroatoms. The second-order valence-electron chi connectivity index (χ2n) is 3.55. The largest absolute Gasteiger partial charge is 0.381 e. The number of carbonyl (C=O) groups excluding carboxylic acids is 2. The molecule has 0 aromatic carbocycles. The highest BCUT2D eigenvalue weighted by Crippen LogP contribution is 2.12. The van der Waals surface area contributed by atoms with Crippen molar-refractivity contribution in [1.29, 1.82) is 0 Å². The minimum absolute atomic E-state index is 0.156. The van der Waals surface area contributed by atoms with Crippen LogP contribution in [0.3, 0.4) is 0 Å². The lowest BCUT2D eigenvalue weighted by atomic mass is 10.1. The lowest BCUT2D eigenvalue weighted by Crippen LogP contribution is -2.46. The van der Waals surface area contributed by atoms with Crippen molar-refractivity contribution in [2.24, 2.45) is 11.7 Å². The van der Waals surface area contributed by atoms with Gasteiger partial charge in [0.2, 0.25) is 11.8 Å². The molecule has 3 N–H and O–H groups in total. The quantitative estimate of drug-likeness (QED) is 0.607. The third-order valence-corrected chi connectivity index (χ3v) is 2.36. The van der Waals surface area contributed by atoms with Crippen LogP contribution in [-0.4, -0.2) is 31.1 Å². The fourth-order valence-corrected chi connectivity index (χ4v) is 1.44. The summed E-state index contributed by atoms with van der Waals surface area (Å²) in [6.07, 6.45) is 2.61. The van der Waals surface area contributed by atoms with Gasteiger partial charge in [-0.3, -0.25) is 9.59 Å². The summed E-state index contributed by atoms with van der Waals surface area (Å²) >= 11 is 0. The Morgan fingerprint density at radius 3 is 2.87 bits per heavy atom. The Morgan fingerprint density at radius 1 is 1.67 bits per heavy atom. The van der Waals surface area contributed by atoms with Crippen LogP contribution >= 0.6 is 0 Å². The van der Waals surface area contributed by atoms with Crippen molar-refractivity contribution < 1.29 is 14.3 Å². The van der Waals surface area contributed by atoms with Crippen molar-refractivity contribution in [3.05, 3.63) is 12.7 Å². The van der Waals surface area contributed by atoms with Gasteiger partial charge in [-0.05, 0) is 12.8 Å². The van der Waals surface area contributed by atoms with Crippen LogP contribution in [0.5, 0.6) is 0 Å². The fourth-order valence-electron chi connectivity index (χ4n) is 1.44. The van der Waals surface area contributed by atoms with Gasteiger partial charge in [-0.2, -0.15) is 0 Å². The van der Waals surface area contributed by atoms with Gasteiger partial charge in [0.15, 0.2) is 0 Å². The molecule has 0 aromatic heterocycles. The highest BCUT2D eigenvalue weighted by molar-refractivity contribution is 5.87. The predicted octanol–water partition coefficient (Wildman–Crippen LogP) is -0.431. The van der Waals surface area contributed by atoms with Gasteiger partial charge < -0.3 is 15.8 Å².